The molecule has 4 heteroatoms. The molecule has 1 fully saturated rings. The predicted molar refractivity (Wildman–Crippen MR) is 78.4 cm³/mol. The molecule has 1 heterocycles. The second kappa shape index (κ2) is 7.26. The van der Waals surface area contributed by atoms with E-state index in [0.717, 1.165) is 25.3 Å². The zero-order valence-electron chi connectivity index (χ0n) is 11.6. The van der Waals surface area contributed by atoms with Crippen LogP contribution in [0.2, 0.25) is 0 Å². The molecule has 0 unspecified atom stereocenters. The number of hydrogen-bond donors (Lipinski definition) is 1. The quantitative estimate of drug-likeness (QED) is 0.690. The van der Waals surface area contributed by atoms with E-state index in [9.17, 15) is 0 Å². The van der Waals surface area contributed by atoms with Crippen LogP contribution in [-0.4, -0.2) is 37.8 Å². The Hall–Kier alpha value is -1.39. The van der Waals surface area contributed by atoms with E-state index in [4.69, 9.17) is 4.74 Å². The van der Waals surface area contributed by atoms with E-state index < -0.39 is 0 Å². The van der Waals surface area contributed by atoms with Crippen molar-refractivity contribution < 1.29 is 4.74 Å². The van der Waals surface area contributed by atoms with Crippen molar-refractivity contribution in [2.24, 2.45) is 0 Å². The first-order chi connectivity index (χ1) is 9.33. The van der Waals surface area contributed by atoms with Gasteiger partial charge in [-0.05, 0) is 25.0 Å². The third-order valence-corrected chi connectivity index (χ3v) is 3.23. The number of pyridine rings is 1. The monoisotopic (exact) mass is 261 g/mol. The molecule has 0 bridgehead atoms. The van der Waals surface area contributed by atoms with Crippen molar-refractivity contribution in [3.8, 4) is 0 Å². The average Bonchev–Trinajstić information content (AvgIpc) is 3.26. The molecule has 0 aromatic carbocycles. The predicted octanol–water partition coefficient (Wildman–Crippen LogP) is 1.97. The highest BCUT2D eigenvalue weighted by atomic mass is 16.5. The molecule has 1 saturated carbocycles. The normalized spacial score (nSPS) is 14.4. The van der Waals surface area contributed by atoms with Crippen molar-refractivity contribution in [1.29, 1.82) is 0 Å². The van der Waals surface area contributed by atoms with Crippen LogP contribution >= 0.6 is 0 Å². The van der Waals surface area contributed by atoms with Gasteiger partial charge in [0.1, 0.15) is 0 Å². The van der Waals surface area contributed by atoms with Crippen LogP contribution < -0.4 is 10.2 Å². The molecule has 1 aliphatic rings. The number of hydrogen-bond acceptors (Lipinski definition) is 4. The fraction of sp³-hybridized carbons (Fsp3) is 0.533. The fourth-order valence-electron chi connectivity index (χ4n) is 1.98. The molecule has 2 rings (SSSR count). The number of ether oxygens (including phenoxy) is 1. The van der Waals surface area contributed by atoms with Crippen molar-refractivity contribution in [3.63, 3.8) is 0 Å². The first-order valence-corrected chi connectivity index (χ1v) is 6.86. The molecule has 104 valence electrons. The topological polar surface area (TPSA) is 37.4 Å². The summed E-state index contributed by atoms with van der Waals surface area (Å²) in [5.74, 6) is 0. The summed E-state index contributed by atoms with van der Waals surface area (Å²) >= 11 is 0. The highest BCUT2D eigenvalue weighted by Gasteiger charge is 2.20. The van der Waals surface area contributed by atoms with Crippen molar-refractivity contribution in [2.45, 2.75) is 25.4 Å². The number of nitrogens with one attached hydrogen (secondary N) is 1. The third kappa shape index (κ3) is 4.65. The summed E-state index contributed by atoms with van der Waals surface area (Å²) in [5, 5.41) is 3.49. The zero-order chi connectivity index (χ0) is 13.5. The molecule has 1 aromatic heterocycles. The molecule has 1 N–H and O–H groups in total. The molecule has 0 saturated heterocycles. The maximum Gasteiger partial charge on any atom is 0.0637 e. The van der Waals surface area contributed by atoms with Crippen LogP contribution in [0.25, 0.3) is 0 Å². The van der Waals surface area contributed by atoms with Gasteiger partial charge in [-0.15, -0.1) is 6.58 Å². The summed E-state index contributed by atoms with van der Waals surface area (Å²) in [6.45, 7) is 7.07. The molecular formula is C15H23N3O. The van der Waals surface area contributed by atoms with Gasteiger partial charge >= 0.3 is 0 Å². The highest BCUT2D eigenvalue weighted by molar-refractivity contribution is 5.47. The Labute approximate surface area is 115 Å². The van der Waals surface area contributed by atoms with Gasteiger partial charge in [-0.1, -0.05) is 6.08 Å². The summed E-state index contributed by atoms with van der Waals surface area (Å²) in [4.78, 5) is 6.66. The number of nitrogens with zero attached hydrogens (tertiary/aromatic N) is 2. The van der Waals surface area contributed by atoms with Gasteiger partial charge in [0.05, 0.1) is 12.3 Å². The summed E-state index contributed by atoms with van der Waals surface area (Å²) in [7, 11) is 1.73. The standard InChI is InChI=1S/C15H23N3O/c1-3-8-18(9-10-19-2)15-6-7-16-14(11-15)12-17-13-4-5-13/h3,6-7,11,13,17H,1,4-5,8-10,12H2,2H3. The highest BCUT2D eigenvalue weighted by Crippen LogP contribution is 2.20. The molecule has 4 nitrogen and oxygen atoms in total. The molecule has 0 radical (unpaired) electrons. The SMILES string of the molecule is C=CCN(CCOC)c1ccnc(CNC2CC2)c1. The van der Waals surface area contributed by atoms with Crippen LogP contribution in [-0.2, 0) is 11.3 Å². The molecule has 0 atom stereocenters. The lowest BCUT2D eigenvalue weighted by Crippen LogP contribution is -2.27. The molecule has 19 heavy (non-hydrogen) atoms. The summed E-state index contributed by atoms with van der Waals surface area (Å²) < 4.78 is 5.15. The van der Waals surface area contributed by atoms with Crippen LogP contribution in [0.3, 0.4) is 0 Å². The minimum absolute atomic E-state index is 0.711. The van der Waals surface area contributed by atoms with Crippen LogP contribution in [0.4, 0.5) is 5.69 Å². The largest absolute Gasteiger partial charge is 0.383 e. The summed E-state index contributed by atoms with van der Waals surface area (Å²) in [6.07, 6.45) is 6.40. The fourth-order valence-corrected chi connectivity index (χ4v) is 1.98. The van der Waals surface area contributed by atoms with E-state index >= 15 is 0 Å². The summed E-state index contributed by atoms with van der Waals surface area (Å²) in [5.41, 5.74) is 2.27. The van der Waals surface area contributed by atoms with Gasteiger partial charge in [0.15, 0.2) is 0 Å². The van der Waals surface area contributed by atoms with Crippen molar-refractivity contribution >= 4 is 5.69 Å². The van der Waals surface area contributed by atoms with Gasteiger partial charge in [0, 0.05) is 44.7 Å². The Kier molecular flexibility index (Phi) is 5.36. The van der Waals surface area contributed by atoms with E-state index in [1.54, 1.807) is 7.11 Å². The van der Waals surface area contributed by atoms with Crippen LogP contribution in [0.5, 0.6) is 0 Å². The van der Waals surface area contributed by atoms with Gasteiger partial charge < -0.3 is 15.0 Å². The maximum atomic E-state index is 5.15. The lowest BCUT2D eigenvalue weighted by molar-refractivity contribution is 0.206. The molecule has 1 aliphatic carbocycles. The molecule has 0 amide bonds. The lowest BCUT2D eigenvalue weighted by atomic mass is 10.2. The number of methoxy groups -OCH3 is 1. The van der Waals surface area contributed by atoms with Gasteiger partial charge in [-0.2, -0.15) is 0 Å². The van der Waals surface area contributed by atoms with E-state index in [2.05, 4.69) is 27.8 Å². The van der Waals surface area contributed by atoms with Gasteiger partial charge in [-0.25, -0.2) is 0 Å². The first-order valence-electron chi connectivity index (χ1n) is 6.86. The summed E-state index contributed by atoms with van der Waals surface area (Å²) in [6, 6.07) is 4.90. The van der Waals surface area contributed by atoms with Crippen molar-refractivity contribution in [2.75, 3.05) is 31.7 Å². The van der Waals surface area contributed by atoms with Crippen molar-refractivity contribution in [3.05, 3.63) is 36.7 Å². The number of rotatable bonds is 9. The first kappa shape index (κ1) is 14.0. The average molecular weight is 261 g/mol. The second-order valence-electron chi connectivity index (χ2n) is 4.89. The van der Waals surface area contributed by atoms with Gasteiger partial charge in [-0.3, -0.25) is 4.98 Å². The van der Waals surface area contributed by atoms with E-state index in [0.29, 0.717) is 12.6 Å². The van der Waals surface area contributed by atoms with Crippen LogP contribution in [0.1, 0.15) is 18.5 Å². The number of aromatic nitrogens is 1. The minimum Gasteiger partial charge on any atom is -0.383 e. The Morgan fingerprint density at radius 3 is 3.11 bits per heavy atom. The van der Waals surface area contributed by atoms with Crippen LogP contribution in [0.15, 0.2) is 31.0 Å². The third-order valence-electron chi connectivity index (χ3n) is 3.23. The maximum absolute atomic E-state index is 5.15. The second-order valence-corrected chi connectivity index (χ2v) is 4.89. The Morgan fingerprint density at radius 1 is 1.58 bits per heavy atom. The lowest BCUT2D eigenvalue weighted by Gasteiger charge is -2.23. The van der Waals surface area contributed by atoms with Gasteiger partial charge in [0.2, 0.25) is 0 Å². The van der Waals surface area contributed by atoms with E-state index in [-0.39, 0.29) is 0 Å². The zero-order valence-corrected chi connectivity index (χ0v) is 11.6. The Balaban J connectivity index is 1.98. The Morgan fingerprint density at radius 2 is 2.42 bits per heavy atom. The van der Waals surface area contributed by atoms with Crippen molar-refractivity contribution in [1.82, 2.24) is 10.3 Å². The molecule has 0 spiro atoms. The van der Waals surface area contributed by atoms with E-state index in [1.165, 1.54) is 18.5 Å². The minimum atomic E-state index is 0.711. The van der Waals surface area contributed by atoms with E-state index in [1.807, 2.05) is 18.3 Å². The van der Waals surface area contributed by atoms with Gasteiger partial charge in [0.25, 0.3) is 0 Å². The molecule has 0 aliphatic heterocycles. The number of anilines is 1. The van der Waals surface area contributed by atoms with Crippen LogP contribution in [0, 0.1) is 0 Å². The molecule has 1 aromatic rings. The smallest absolute Gasteiger partial charge is 0.0637 e. The Bertz CT molecular complexity index is 404. The molecular weight excluding hydrogens is 238 g/mol.